The number of hydrogen-bond donors (Lipinski definition) is 2. The molecule has 0 radical (unpaired) electrons. The Morgan fingerprint density at radius 3 is 2.62 bits per heavy atom. The summed E-state index contributed by atoms with van der Waals surface area (Å²) in [5, 5.41) is 4.94. The van der Waals surface area contributed by atoms with Gasteiger partial charge >= 0.3 is 0 Å². The summed E-state index contributed by atoms with van der Waals surface area (Å²) in [4.78, 5) is 21.8. The van der Waals surface area contributed by atoms with E-state index in [1.807, 2.05) is 0 Å². The summed E-state index contributed by atoms with van der Waals surface area (Å²) in [5.41, 5.74) is 0.467. The standard InChI is InChI=1S/C10H10BrFN2O2/c1-6(15)13-7-2-3-8(12)9(4-7)14-10(16)5-11/h2-4H,5H2,1H3,(H,13,15)(H,14,16). The van der Waals surface area contributed by atoms with Crippen molar-refractivity contribution in [1.29, 1.82) is 0 Å². The Balaban J connectivity index is 2.90. The molecule has 16 heavy (non-hydrogen) atoms. The molecule has 1 aromatic rings. The van der Waals surface area contributed by atoms with Crippen LogP contribution in [0.4, 0.5) is 15.8 Å². The van der Waals surface area contributed by atoms with Crippen molar-refractivity contribution >= 4 is 39.1 Å². The number of carbonyl (C=O) groups is 2. The molecule has 1 aromatic carbocycles. The second kappa shape index (κ2) is 5.60. The minimum absolute atomic E-state index is 0.0377. The highest BCUT2D eigenvalue weighted by atomic mass is 79.9. The van der Waals surface area contributed by atoms with Gasteiger partial charge in [-0.15, -0.1) is 0 Å². The Morgan fingerprint density at radius 1 is 1.38 bits per heavy atom. The lowest BCUT2D eigenvalue weighted by Crippen LogP contribution is -2.14. The molecule has 0 fully saturated rings. The van der Waals surface area contributed by atoms with Crippen LogP contribution >= 0.6 is 15.9 Å². The summed E-state index contributed by atoms with van der Waals surface area (Å²) in [7, 11) is 0. The molecule has 4 nitrogen and oxygen atoms in total. The highest BCUT2D eigenvalue weighted by Gasteiger charge is 2.07. The molecule has 0 bridgehead atoms. The molecule has 1 rings (SSSR count). The lowest BCUT2D eigenvalue weighted by molar-refractivity contribution is -0.114. The molecular weight excluding hydrogens is 279 g/mol. The average molecular weight is 289 g/mol. The van der Waals surface area contributed by atoms with Gasteiger partial charge in [0.1, 0.15) is 5.82 Å². The van der Waals surface area contributed by atoms with E-state index < -0.39 is 5.82 Å². The summed E-state index contributed by atoms with van der Waals surface area (Å²) < 4.78 is 13.3. The van der Waals surface area contributed by atoms with Gasteiger partial charge in [-0.3, -0.25) is 9.59 Å². The van der Waals surface area contributed by atoms with E-state index in [0.29, 0.717) is 5.69 Å². The largest absolute Gasteiger partial charge is 0.326 e. The van der Waals surface area contributed by atoms with Crippen LogP contribution in [0.3, 0.4) is 0 Å². The van der Waals surface area contributed by atoms with Crippen LogP contribution < -0.4 is 10.6 Å². The molecule has 0 aromatic heterocycles. The van der Waals surface area contributed by atoms with Crippen LogP contribution in [0.2, 0.25) is 0 Å². The van der Waals surface area contributed by atoms with Crippen molar-refractivity contribution in [2.24, 2.45) is 0 Å². The number of halogens is 2. The number of hydrogen-bond acceptors (Lipinski definition) is 2. The fourth-order valence-electron chi connectivity index (χ4n) is 1.09. The maximum Gasteiger partial charge on any atom is 0.235 e. The SMILES string of the molecule is CC(=O)Nc1ccc(F)c(NC(=O)CBr)c1. The number of carbonyl (C=O) groups excluding carboxylic acids is 2. The quantitative estimate of drug-likeness (QED) is 0.837. The zero-order valence-corrected chi connectivity index (χ0v) is 10.1. The zero-order valence-electron chi connectivity index (χ0n) is 8.51. The third-order valence-corrected chi connectivity index (χ3v) is 2.19. The Bertz CT molecular complexity index is 423. The molecule has 0 aliphatic carbocycles. The van der Waals surface area contributed by atoms with Crippen molar-refractivity contribution < 1.29 is 14.0 Å². The lowest BCUT2D eigenvalue weighted by Gasteiger charge is -2.07. The van der Waals surface area contributed by atoms with E-state index in [2.05, 4.69) is 26.6 Å². The topological polar surface area (TPSA) is 58.2 Å². The molecule has 2 amide bonds. The van der Waals surface area contributed by atoms with Gasteiger partial charge in [0, 0.05) is 12.6 Å². The number of amides is 2. The van der Waals surface area contributed by atoms with Crippen LogP contribution in [0.15, 0.2) is 18.2 Å². The Hall–Kier alpha value is -1.43. The average Bonchev–Trinajstić information content (AvgIpc) is 2.22. The van der Waals surface area contributed by atoms with E-state index in [0.717, 1.165) is 0 Å². The van der Waals surface area contributed by atoms with Gasteiger partial charge in [-0.25, -0.2) is 4.39 Å². The van der Waals surface area contributed by atoms with E-state index in [9.17, 15) is 14.0 Å². The molecule has 0 atom stereocenters. The number of alkyl halides is 1. The smallest absolute Gasteiger partial charge is 0.235 e. The molecule has 0 saturated heterocycles. The first-order chi connectivity index (χ1) is 7.52. The summed E-state index contributed by atoms with van der Waals surface area (Å²) in [6.07, 6.45) is 0. The van der Waals surface area contributed by atoms with Gasteiger partial charge in [0.2, 0.25) is 11.8 Å². The van der Waals surface area contributed by atoms with E-state index in [-0.39, 0.29) is 22.8 Å². The second-order valence-corrected chi connectivity index (χ2v) is 3.62. The normalized spacial score (nSPS) is 9.69. The van der Waals surface area contributed by atoms with Crippen LogP contribution in [-0.4, -0.2) is 17.1 Å². The molecule has 0 aliphatic rings. The van der Waals surface area contributed by atoms with E-state index >= 15 is 0 Å². The van der Waals surface area contributed by atoms with Crippen LogP contribution in [0, 0.1) is 5.82 Å². The number of benzene rings is 1. The minimum atomic E-state index is -0.552. The van der Waals surface area contributed by atoms with Gasteiger partial charge in [-0.1, -0.05) is 15.9 Å². The maximum absolute atomic E-state index is 13.3. The molecular formula is C10H10BrFN2O2. The first-order valence-corrected chi connectivity index (χ1v) is 5.58. The van der Waals surface area contributed by atoms with Gasteiger partial charge in [-0.05, 0) is 18.2 Å². The lowest BCUT2D eigenvalue weighted by atomic mass is 10.2. The van der Waals surface area contributed by atoms with Crippen LogP contribution in [-0.2, 0) is 9.59 Å². The van der Waals surface area contributed by atoms with E-state index in [1.54, 1.807) is 0 Å². The van der Waals surface area contributed by atoms with Gasteiger partial charge in [0.25, 0.3) is 0 Å². The molecule has 0 spiro atoms. The maximum atomic E-state index is 13.3. The predicted octanol–water partition coefficient (Wildman–Crippen LogP) is 2.12. The van der Waals surface area contributed by atoms with Crippen molar-refractivity contribution in [3.63, 3.8) is 0 Å². The number of nitrogens with one attached hydrogen (secondary N) is 2. The number of anilines is 2. The Morgan fingerprint density at radius 2 is 2.06 bits per heavy atom. The monoisotopic (exact) mass is 288 g/mol. The van der Waals surface area contributed by atoms with Crippen molar-refractivity contribution in [2.75, 3.05) is 16.0 Å². The highest BCUT2D eigenvalue weighted by Crippen LogP contribution is 2.19. The van der Waals surface area contributed by atoms with E-state index in [1.165, 1.54) is 25.1 Å². The summed E-state index contributed by atoms with van der Waals surface area (Å²) in [5.74, 6) is -1.17. The van der Waals surface area contributed by atoms with Crippen LogP contribution in [0.5, 0.6) is 0 Å². The van der Waals surface area contributed by atoms with Gasteiger partial charge in [0.05, 0.1) is 11.0 Å². The third-order valence-electron chi connectivity index (χ3n) is 1.68. The third kappa shape index (κ3) is 3.62. The molecule has 0 heterocycles. The van der Waals surface area contributed by atoms with E-state index in [4.69, 9.17) is 0 Å². The second-order valence-electron chi connectivity index (χ2n) is 3.06. The molecule has 0 unspecified atom stereocenters. The van der Waals surface area contributed by atoms with Crippen molar-refractivity contribution in [3.8, 4) is 0 Å². The Kier molecular flexibility index (Phi) is 4.42. The molecule has 86 valence electrons. The molecule has 0 aliphatic heterocycles. The van der Waals surface area contributed by atoms with Crippen LogP contribution in [0.25, 0.3) is 0 Å². The summed E-state index contributed by atoms with van der Waals surface area (Å²) in [6.45, 7) is 1.35. The Labute approximate surface area is 100 Å². The highest BCUT2D eigenvalue weighted by molar-refractivity contribution is 9.09. The number of rotatable bonds is 3. The fourth-order valence-corrected chi connectivity index (χ4v) is 1.23. The van der Waals surface area contributed by atoms with Crippen molar-refractivity contribution in [3.05, 3.63) is 24.0 Å². The fraction of sp³-hybridized carbons (Fsp3) is 0.200. The van der Waals surface area contributed by atoms with Gasteiger partial charge < -0.3 is 10.6 Å². The predicted molar refractivity (Wildman–Crippen MR) is 63.1 cm³/mol. The van der Waals surface area contributed by atoms with Gasteiger partial charge in [-0.2, -0.15) is 0 Å². The van der Waals surface area contributed by atoms with Gasteiger partial charge in [0.15, 0.2) is 0 Å². The molecule has 2 N–H and O–H groups in total. The van der Waals surface area contributed by atoms with Crippen molar-refractivity contribution in [2.45, 2.75) is 6.92 Å². The molecule has 6 heteroatoms. The van der Waals surface area contributed by atoms with Crippen molar-refractivity contribution in [1.82, 2.24) is 0 Å². The summed E-state index contributed by atoms with van der Waals surface area (Å²) >= 11 is 2.95. The minimum Gasteiger partial charge on any atom is -0.326 e. The first kappa shape index (κ1) is 12.6. The van der Waals surface area contributed by atoms with Crippen LogP contribution in [0.1, 0.15) is 6.92 Å². The summed E-state index contributed by atoms with van der Waals surface area (Å²) in [6, 6.07) is 3.95. The molecule has 0 saturated carbocycles. The zero-order chi connectivity index (χ0) is 12.1. The first-order valence-electron chi connectivity index (χ1n) is 4.46.